The van der Waals surface area contributed by atoms with Crippen LogP contribution in [0.15, 0.2) is 6.20 Å². The summed E-state index contributed by atoms with van der Waals surface area (Å²) in [6.07, 6.45) is 4.22. The number of aromatic nitrogens is 1. The number of hydrogen-bond acceptors (Lipinski definition) is 5. The average Bonchev–Trinajstić information content (AvgIpc) is 2.77. The molecule has 17 heavy (non-hydrogen) atoms. The molecule has 0 bridgehead atoms. The van der Waals surface area contributed by atoms with Gasteiger partial charge in [-0.05, 0) is 26.3 Å². The summed E-state index contributed by atoms with van der Waals surface area (Å²) in [5.74, 6) is -0.111. The first kappa shape index (κ1) is 14.1. The van der Waals surface area contributed by atoms with Crippen LogP contribution in [-0.4, -0.2) is 24.1 Å². The monoisotopic (exact) mass is 256 g/mol. The van der Waals surface area contributed by atoms with E-state index in [1.54, 1.807) is 11.3 Å². The summed E-state index contributed by atoms with van der Waals surface area (Å²) in [6, 6.07) is 0. The largest absolute Gasteiger partial charge is 0.466 e. The molecule has 0 aromatic carbocycles. The predicted octanol–water partition coefficient (Wildman–Crippen LogP) is 2.14. The maximum atomic E-state index is 11.1. The molecule has 0 amide bonds. The van der Waals surface area contributed by atoms with Gasteiger partial charge in [0, 0.05) is 24.0 Å². The molecule has 5 heteroatoms. The van der Waals surface area contributed by atoms with Crippen molar-refractivity contribution < 1.29 is 9.53 Å². The number of carbonyl (C=O) groups excluding carboxylic acids is 1. The zero-order chi connectivity index (χ0) is 12.5. The van der Waals surface area contributed by atoms with Crippen LogP contribution in [0.5, 0.6) is 0 Å². The Labute approximate surface area is 106 Å². The first-order chi connectivity index (χ1) is 8.26. The lowest BCUT2D eigenvalue weighted by Gasteiger charge is -2.03. The number of hydrogen-bond donors (Lipinski definition) is 1. The molecule has 0 spiro atoms. The summed E-state index contributed by atoms with van der Waals surface area (Å²) >= 11 is 1.74. The third-order valence-corrected chi connectivity index (χ3v) is 3.38. The van der Waals surface area contributed by atoms with Gasteiger partial charge in [-0.15, -0.1) is 11.3 Å². The Bertz CT molecular complexity index is 339. The molecule has 0 unspecified atom stereocenters. The average molecular weight is 256 g/mol. The number of aryl methyl sites for hydroxylation is 1. The Morgan fingerprint density at radius 2 is 2.35 bits per heavy atom. The van der Waals surface area contributed by atoms with Crippen molar-refractivity contribution in [2.75, 3.05) is 13.2 Å². The Morgan fingerprint density at radius 1 is 1.53 bits per heavy atom. The van der Waals surface area contributed by atoms with E-state index in [1.807, 2.05) is 13.1 Å². The smallest absolute Gasteiger partial charge is 0.305 e. The fourth-order valence-electron chi connectivity index (χ4n) is 1.40. The van der Waals surface area contributed by atoms with Gasteiger partial charge in [0.05, 0.1) is 11.6 Å². The van der Waals surface area contributed by atoms with E-state index in [0.717, 1.165) is 25.9 Å². The van der Waals surface area contributed by atoms with E-state index in [1.165, 1.54) is 9.88 Å². The summed E-state index contributed by atoms with van der Waals surface area (Å²) < 4.78 is 4.85. The molecule has 0 aliphatic rings. The Hall–Kier alpha value is -0.940. The van der Waals surface area contributed by atoms with E-state index < -0.39 is 0 Å². The molecule has 96 valence electrons. The summed E-state index contributed by atoms with van der Waals surface area (Å²) in [4.78, 5) is 16.6. The van der Waals surface area contributed by atoms with Crippen molar-refractivity contribution in [1.82, 2.24) is 10.3 Å². The van der Waals surface area contributed by atoms with Gasteiger partial charge < -0.3 is 10.1 Å². The standard InChI is InChI=1S/C12H20N2O2S/c1-3-11-14-9-10(17-11)8-13-7-5-6-12(15)16-4-2/h9,13H,3-8H2,1-2H3. The van der Waals surface area contributed by atoms with E-state index >= 15 is 0 Å². The zero-order valence-corrected chi connectivity index (χ0v) is 11.3. The maximum absolute atomic E-state index is 11.1. The Balaban J connectivity index is 2.06. The third-order valence-electron chi connectivity index (χ3n) is 2.24. The zero-order valence-electron chi connectivity index (χ0n) is 10.5. The highest BCUT2D eigenvalue weighted by molar-refractivity contribution is 7.11. The fraction of sp³-hybridized carbons (Fsp3) is 0.667. The van der Waals surface area contributed by atoms with Gasteiger partial charge in [-0.1, -0.05) is 6.92 Å². The van der Waals surface area contributed by atoms with Gasteiger partial charge in [-0.25, -0.2) is 4.98 Å². The molecule has 1 aromatic rings. The molecule has 1 heterocycles. The second kappa shape index (κ2) is 8.20. The molecule has 1 N–H and O–H groups in total. The number of carbonyl (C=O) groups is 1. The molecule has 0 aliphatic heterocycles. The van der Waals surface area contributed by atoms with Gasteiger partial charge in [0.25, 0.3) is 0 Å². The summed E-state index contributed by atoms with van der Waals surface area (Å²) in [6.45, 7) is 6.06. The number of nitrogens with one attached hydrogen (secondary N) is 1. The van der Waals surface area contributed by atoms with Gasteiger partial charge in [0.2, 0.25) is 0 Å². The van der Waals surface area contributed by atoms with Crippen molar-refractivity contribution in [3.05, 3.63) is 16.1 Å². The molecular formula is C12H20N2O2S. The molecule has 0 radical (unpaired) electrons. The highest BCUT2D eigenvalue weighted by atomic mass is 32.1. The number of nitrogens with zero attached hydrogens (tertiary/aromatic N) is 1. The molecule has 0 saturated carbocycles. The van der Waals surface area contributed by atoms with Crippen LogP contribution in [0.3, 0.4) is 0 Å². The van der Waals surface area contributed by atoms with Crippen molar-refractivity contribution in [2.24, 2.45) is 0 Å². The number of rotatable bonds is 8. The van der Waals surface area contributed by atoms with Crippen LogP contribution < -0.4 is 5.32 Å². The van der Waals surface area contributed by atoms with E-state index in [9.17, 15) is 4.79 Å². The quantitative estimate of drug-likeness (QED) is 0.572. The van der Waals surface area contributed by atoms with Crippen molar-refractivity contribution in [2.45, 2.75) is 39.7 Å². The Morgan fingerprint density at radius 3 is 3.00 bits per heavy atom. The molecule has 1 rings (SSSR count). The molecule has 4 nitrogen and oxygen atoms in total. The second-order valence-corrected chi connectivity index (χ2v) is 4.86. The van der Waals surface area contributed by atoms with Crippen LogP contribution in [0.4, 0.5) is 0 Å². The van der Waals surface area contributed by atoms with E-state index in [4.69, 9.17) is 4.74 Å². The lowest BCUT2D eigenvalue weighted by atomic mass is 10.3. The van der Waals surface area contributed by atoms with Crippen LogP contribution in [0, 0.1) is 0 Å². The van der Waals surface area contributed by atoms with Gasteiger partial charge >= 0.3 is 5.97 Å². The fourth-order valence-corrected chi connectivity index (χ4v) is 2.23. The predicted molar refractivity (Wildman–Crippen MR) is 69.1 cm³/mol. The number of esters is 1. The minimum absolute atomic E-state index is 0.111. The summed E-state index contributed by atoms with van der Waals surface area (Å²) in [5.41, 5.74) is 0. The van der Waals surface area contributed by atoms with Gasteiger partial charge in [0.1, 0.15) is 0 Å². The minimum atomic E-state index is -0.111. The molecule has 0 atom stereocenters. The van der Waals surface area contributed by atoms with Crippen molar-refractivity contribution in [3.8, 4) is 0 Å². The van der Waals surface area contributed by atoms with Gasteiger partial charge in [-0.2, -0.15) is 0 Å². The number of thiazole rings is 1. The first-order valence-corrected chi connectivity index (χ1v) is 6.87. The Kier molecular flexibility index (Phi) is 6.81. The molecular weight excluding hydrogens is 236 g/mol. The summed E-state index contributed by atoms with van der Waals surface area (Å²) in [5, 5.41) is 4.47. The maximum Gasteiger partial charge on any atom is 0.305 e. The van der Waals surface area contributed by atoms with Crippen molar-refractivity contribution in [3.63, 3.8) is 0 Å². The van der Waals surface area contributed by atoms with Gasteiger partial charge in [-0.3, -0.25) is 4.79 Å². The highest BCUT2D eigenvalue weighted by Gasteiger charge is 2.02. The van der Waals surface area contributed by atoms with E-state index in [-0.39, 0.29) is 5.97 Å². The van der Waals surface area contributed by atoms with E-state index in [2.05, 4.69) is 17.2 Å². The van der Waals surface area contributed by atoms with Gasteiger partial charge in [0.15, 0.2) is 0 Å². The third kappa shape index (κ3) is 5.79. The number of ether oxygens (including phenoxy) is 1. The first-order valence-electron chi connectivity index (χ1n) is 6.06. The van der Waals surface area contributed by atoms with Crippen LogP contribution >= 0.6 is 11.3 Å². The van der Waals surface area contributed by atoms with Crippen LogP contribution in [-0.2, 0) is 22.5 Å². The van der Waals surface area contributed by atoms with Crippen molar-refractivity contribution in [1.29, 1.82) is 0 Å². The highest BCUT2D eigenvalue weighted by Crippen LogP contribution is 2.12. The normalized spacial score (nSPS) is 10.5. The SMILES string of the molecule is CCOC(=O)CCCNCc1cnc(CC)s1. The second-order valence-electron chi connectivity index (χ2n) is 3.66. The van der Waals surface area contributed by atoms with E-state index in [0.29, 0.717) is 13.0 Å². The van der Waals surface area contributed by atoms with Crippen LogP contribution in [0.1, 0.15) is 36.6 Å². The van der Waals surface area contributed by atoms with Crippen LogP contribution in [0.2, 0.25) is 0 Å². The summed E-state index contributed by atoms with van der Waals surface area (Å²) in [7, 11) is 0. The lowest BCUT2D eigenvalue weighted by molar-refractivity contribution is -0.143. The molecule has 0 fully saturated rings. The van der Waals surface area contributed by atoms with Crippen molar-refractivity contribution >= 4 is 17.3 Å². The lowest BCUT2D eigenvalue weighted by Crippen LogP contribution is -2.15. The topological polar surface area (TPSA) is 51.2 Å². The molecule has 1 aromatic heterocycles. The molecule has 0 aliphatic carbocycles. The molecule has 0 saturated heterocycles. The minimum Gasteiger partial charge on any atom is -0.466 e. The van der Waals surface area contributed by atoms with Crippen LogP contribution in [0.25, 0.3) is 0 Å².